The molecule has 2 amide bonds. The highest BCUT2D eigenvalue weighted by Crippen LogP contribution is 2.35. The van der Waals surface area contributed by atoms with Gasteiger partial charge in [-0.3, -0.25) is 14.4 Å². The molecule has 0 unspecified atom stereocenters. The third-order valence-corrected chi connectivity index (χ3v) is 5.68. The molecule has 7 nitrogen and oxygen atoms in total. The molecule has 3 aromatic carbocycles. The molecule has 0 saturated heterocycles. The van der Waals surface area contributed by atoms with Crippen LogP contribution in [0.15, 0.2) is 77.5 Å². The number of aldehydes is 1. The normalized spacial score (nSPS) is 13.3. The van der Waals surface area contributed by atoms with Crippen molar-refractivity contribution in [2.75, 3.05) is 10.2 Å². The Labute approximate surface area is 208 Å². The van der Waals surface area contributed by atoms with Crippen LogP contribution in [0.25, 0.3) is 0 Å². The first-order valence-corrected chi connectivity index (χ1v) is 10.8. The fourth-order valence-corrected chi connectivity index (χ4v) is 3.81. The molecular weight excluding hydrogens is 503 g/mol. The number of ether oxygens (including phenoxy) is 1. The smallest absolute Gasteiger partial charge is 0.343 e. The van der Waals surface area contributed by atoms with Crippen LogP contribution >= 0.6 is 34.8 Å². The van der Waals surface area contributed by atoms with Crippen LogP contribution in [0.1, 0.15) is 20.7 Å². The Kier molecular flexibility index (Phi) is 6.70. The number of esters is 1. The van der Waals surface area contributed by atoms with Gasteiger partial charge in [-0.2, -0.15) is 0 Å². The van der Waals surface area contributed by atoms with E-state index in [-0.39, 0.29) is 32.8 Å². The highest BCUT2D eigenvalue weighted by Gasteiger charge is 2.39. The summed E-state index contributed by atoms with van der Waals surface area (Å²) in [6.45, 7) is 0. The molecule has 0 aliphatic carbocycles. The van der Waals surface area contributed by atoms with E-state index in [1.165, 1.54) is 66.7 Å². The Morgan fingerprint density at radius 1 is 0.882 bits per heavy atom. The summed E-state index contributed by atoms with van der Waals surface area (Å²) in [6.07, 6.45) is 0.685. The minimum atomic E-state index is -0.737. The second-order valence-corrected chi connectivity index (χ2v) is 8.23. The highest BCUT2D eigenvalue weighted by atomic mass is 35.5. The van der Waals surface area contributed by atoms with Gasteiger partial charge < -0.3 is 10.1 Å². The molecule has 3 aromatic rings. The standard InChI is InChI=1S/C24H13Cl3N2O5/c25-15-5-10-19(18(26)11-15)29-22(31)20(27)21(23(29)32)28-16-6-3-14(4-7-16)24(33)34-17-8-1-13(12-30)2-9-17/h1-12,28H. The Morgan fingerprint density at radius 3 is 2.18 bits per heavy atom. The van der Waals surface area contributed by atoms with Crippen LogP contribution in [-0.4, -0.2) is 24.1 Å². The Bertz CT molecular complexity index is 1350. The number of rotatable bonds is 6. The molecule has 10 heteroatoms. The highest BCUT2D eigenvalue weighted by molar-refractivity contribution is 6.53. The number of amides is 2. The lowest BCUT2D eigenvalue weighted by molar-refractivity contribution is -0.120. The number of nitrogens with one attached hydrogen (secondary N) is 1. The van der Waals surface area contributed by atoms with Gasteiger partial charge in [0.25, 0.3) is 11.8 Å². The zero-order valence-electron chi connectivity index (χ0n) is 17.1. The molecule has 0 aromatic heterocycles. The Balaban J connectivity index is 1.48. The monoisotopic (exact) mass is 514 g/mol. The van der Waals surface area contributed by atoms with Gasteiger partial charge in [0.15, 0.2) is 0 Å². The third-order valence-electron chi connectivity index (χ3n) is 4.79. The summed E-state index contributed by atoms with van der Waals surface area (Å²) in [5.41, 5.74) is 1.12. The predicted molar refractivity (Wildman–Crippen MR) is 129 cm³/mol. The van der Waals surface area contributed by atoms with Crippen molar-refractivity contribution in [1.29, 1.82) is 0 Å². The molecule has 0 fully saturated rings. The Morgan fingerprint density at radius 2 is 1.56 bits per heavy atom. The fraction of sp³-hybridized carbons (Fsp3) is 0. The van der Waals surface area contributed by atoms with Gasteiger partial charge in [-0.25, -0.2) is 9.69 Å². The van der Waals surface area contributed by atoms with Gasteiger partial charge in [0.1, 0.15) is 22.8 Å². The van der Waals surface area contributed by atoms with E-state index in [2.05, 4.69) is 5.32 Å². The molecule has 4 rings (SSSR count). The van der Waals surface area contributed by atoms with E-state index in [1.807, 2.05) is 0 Å². The molecule has 170 valence electrons. The summed E-state index contributed by atoms with van der Waals surface area (Å²) >= 11 is 18.2. The number of carbonyl (C=O) groups excluding carboxylic acids is 4. The maximum absolute atomic E-state index is 12.9. The third kappa shape index (κ3) is 4.68. The number of benzene rings is 3. The van der Waals surface area contributed by atoms with Crippen LogP contribution in [0, 0.1) is 0 Å². The maximum Gasteiger partial charge on any atom is 0.343 e. The number of nitrogens with zero attached hydrogens (tertiary/aromatic N) is 1. The summed E-state index contributed by atoms with van der Waals surface area (Å²) in [4.78, 5) is 49.4. The van der Waals surface area contributed by atoms with Crippen LogP contribution in [0.3, 0.4) is 0 Å². The van der Waals surface area contributed by atoms with E-state index >= 15 is 0 Å². The molecule has 1 aliphatic heterocycles. The average molecular weight is 516 g/mol. The maximum atomic E-state index is 12.9. The first-order valence-electron chi connectivity index (χ1n) is 9.66. The van der Waals surface area contributed by atoms with Crippen LogP contribution in [0.5, 0.6) is 5.75 Å². The lowest BCUT2D eigenvalue weighted by atomic mass is 10.2. The minimum absolute atomic E-state index is 0.114. The van der Waals surface area contributed by atoms with Crippen molar-refractivity contribution in [3.05, 3.63) is 98.6 Å². The van der Waals surface area contributed by atoms with E-state index in [0.717, 1.165) is 4.90 Å². The van der Waals surface area contributed by atoms with Gasteiger partial charge in [0.05, 0.1) is 16.3 Å². The first kappa shape index (κ1) is 23.5. The fourth-order valence-electron chi connectivity index (χ4n) is 3.11. The van der Waals surface area contributed by atoms with Crippen LogP contribution in [0.4, 0.5) is 11.4 Å². The lowest BCUT2D eigenvalue weighted by Gasteiger charge is -2.16. The summed E-state index contributed by atoms with van der Waals surface area (Å²) in [5.74, 6) is -1.76. The number of carbonyl (C=O) groups is 4. The van der Waals surface area contributed by atoms with Crippen LogP contribution < -0.4 is 15.0 Å². The number of hydrogen-bond donors (Lipinski definition) is 1. The number of imide groups is 1. The van der Waals surface area contributed by atoms with Crippen molar-refractivity contribution in [2.24, 2.45) is 0 Å². The Hall–Kier alpha value is -3.65. The molecule has 0 bridgehead atoms. The zero-order chi connectivity index (χ0) is 24.4. The van der Waals surface area contributed by atoms with Crippen molar-refractivity contribution in [3.8, 4) is 5.75 Å². The number of hydrogen-bond acceptors (Lipinski definition) is 6. The molecule has 0 saturated carbocycles. The number of anilines is 2. The predicted octanol–water partition coefficient (Wildman–Crippen LogP) is 5.46. The van der Waals surface area contributed by atoms with Crippen molar-refractivity contribution < 1.29 is 23.9 Å². The topological polar surface area (TPSA) is 92.8 Å². The van der Waals surface area contributed by atoms with E-state index in [9.17, 15) is 19.2 Å². The van der Waals surface area contributed by atoms with Gasteiger partial charge in [-0.15, -0.1) is 0 Å². The van der Waals surface area contributed by atoms with Crippen LogP contribution in [-0.2, 0) is 9.59 Å². The molecular formula is C24H13Cl3N2O5. The summed E-state index contributed by atoms with van der Waals surface area (Å²) in [5, 5.41) is 2.97. The summed E-state index contributed by atoms with van der Waals surface area (Å²) in [6, 6.07) is 16.4. The van der Waals surface area contributed by atoms with Crippen LogP contribution in [0.2, 0.25) is 10.0 Å². The summed E-state index contributed by atoms with van der Waals surface area (Å²) in [7, 11) is 0. The second kappa shape index (κ2) is 9.69. The quantitative estimate of drug-likeness (QED) is 0.203. The van der Waals surface area contributed by atoms with Gasteiger partial charge >= 0.3 is 5.97 Å². The van der Waals surface area contributed by atoms with Gasteiger partial charge in [-0.1, -0.05) is 34.8 Å². The lowest BCUT2D eigenvalue weighted by Crippen LogP contribution is -2.32. The van der Waals surface area contributed by atoms with Crippen molar-refractivity contribution in [2.45, 2.75) is 0 Å². The van der Waals surface area contributed by atoms with Crippen molar-refractivity contribution in [3.63, 3.8) is 0 Å². The molecule has 1 heterocycles. The number of halogens is 3. The largest absolute Gasteiger partial charge is 0.423 e. The molecule has 34 heavy (non-hydrogen) atoms. The second-order valence-electron chi connectivity index (χ2n) is 7.01. The average Bonchev–Trinajstić information content (AvgIpc) is 3.03. The van der Waals surface area contributed by atoms with Gasteiger partial charge in [-0.05, 0) is 66.7 Å². The van der Waals surface area contributed by atoms with E-state index in [0.29, 0.717) is 22.6 Å². The zero-order valence-corrected chi connectivity index (χ0v) is 19.3. The molecule has 1 N–H and O–H groups in total. The van der Waals surface area contributed by atoms with Gasteiger partial charge in [0.2, 0.25) is 0 Å². The van der Waals surface area contributed by atoms with E-state index < -0.39 is 17.8 Å². The van der Waals surface area contributed by atoms with Crippen molar-refractivity contribution in [1.82, 2.24) is 0 Å². The van der Waals surface area contributed by atoms with Gasteiger partial charge in [0, 0.05) is 16.3 Å². The minimum Gasteiger partial charge on any atom is -0.423 e. The molecule has 0 radical (unpaired) electrons. The molecule has 0 spiro atoms. The summed E-state index contributed by atoms with van der Waals surface area (Å²) < 4.78 is 5.27. The van der Waals surface area contributed by atoms with E-state index in [1.54, 1.807) is 0 Å². The molecule has 1 aliphatic rings. The van der Waals surface area contributed by atoms with E-state index in [4.69, 9.17) is 39.5 Å². The van der Waals surface area contributed by atoms with Crippen molar-refractivity contribution >= 4 is 70.2 Å². The first-order chi connectivity index (χ1) is 16.3. The SMILES string of the molecule is O=Cc1ccc(OC(=O)c2ccc(NC3=C(Cl)C(=O)N(c4ccc(Cl)cc4Cl)C3=O)cc2)cc1. The molecule has 0 atom stereocenters.